The van der Waals surface area contributed by atoms with E-state index in [1.807, 2.05) is 6.92 Å². The number of hydrogen-bond acceptors (Lipinski definition) is 8. The van der Waals surface area contributed by atoms with Crippen molar-refractivity contribution in [2.45, 2.75) is 29.5 Å². The topological polar surface area (TPSA) is 111 Å². The first-order chi connectivity index (χ1) is 12.4. The van der Waals surface area contributed by atoms with E-state index in [9.17, 15) is 18.0 Å². The van der Waals surface area contributed by atoms with Crippen molar-refractivity contribution in [2.75, 3.05) is 26.7 Å². The van der Waals surface area contributed by atoms with E-state index in [4.69, 9.17) is 44.1 Å². The average Bonchev–Trinajstić information content (AvgIpc) is 2.49. The highest BCUT2D eigenvalue weighted by molar-refractivity contribution is 7.84. The van der Waals surface area contributed by atoms with Gasteiger partial charge in [0.2, 0.25) is 3.79 Å². The lowest BCUT2D eigenvalue weighted by molar-refractivity contribution is -0.145. The fourth-order valence-electron chi connectivity index (χ4n) is 1.94. The molecule has 1 heterocycles. The molecule has 1 saturated heterocycles. The lowest BCUT2D eigenvalue weighted by Crippen LogP contribution is -2.53. The SMILES string of the molecule is CCC/C=C/C(NS(=O)(=O)OCC(Cl)(Cl)Cl)B1OC(=O)CN(C)CC(=O)O1. The van der Waals surface area contributed by atoms with Crippen molar-refractivity contribution in [3.05, 3.63) is 12.2 Å². The molecule has 1 aliphatic rings. The zero-order chi connectivity index (χ0) is 20.7. The Morgan fingerprint density at radius 1 is 1.30 bits per heavy atom. The number of carbonyl (C=O) groups is 2. The van der Waals surface area contributed by atoms with Crippen LogP contribution in [0.25, 0.3) is 0 Å². The number of nitrogens with zero attached hydrogens (tertiary/aromatic N) is 1. The number of alkyl halides is 3. The molecule has 1 aliphatic heterocycles. The average molecular weight is 466 g/mol. The van der Waals surface area contributed by atoms with Crippen LogP contribution >= 0.6 is 34.8 Å². The molecule has 1 atom stereocenters. The predicted molar refractivity (Wildman–Crippen MR) is 102 cm³/mol. The normalized spacial score (nSPS) is 18.8. The second kappa shape index (κ2) is 10.8. The number of halogens is 3. The van der Waals surface area contributed by atoms with Gasteiger partial charge in [0.15, 0.2) is 0 Å². The maximum atomic E-state index is 12.1. The van der Waals surface area contributed by atoms with E-state index in [0.717, 1.165) is 6.42 Å². The summed E-state index contributed by atoms with van der Waals surface area (Å²) < 4.78 is 39.1. The summed E-state index contributed by atoms with van der Waals surface area (Å²) in [6.45, 7) is 0.855. The fraction of sp³-hybridized carbons (Fsp3) is 0.692. The Hall–Kier alpha value is -0.555. The van der Waals surface area contributed by atoms with Crippen LogP contribution in [0.1, 0.15) is 19.8 Å². The number of nitrogens with one attached hydrogen (secondary N) is 1. The smallest absolute Gasteiger partial charge is 0.497 e. The minimum atomic E-state index is -4.41. The minimum absolute atomic E-state index is 0.159. The van der Waals surface area contributed by atoms with Crippen LogP contribution in [-0.4, -0.2) is 68.9 Å². The number of unbranched alkanes of at least 4 members (excludes halogenated alkanes) is 1. The third kappa shape index (κ3) is 10.5. The molecular formula is C13H20BCl3N2O7S. The van der Waals surface area contributed by atoms with Crippen LogP contribution in [0.2, 0.25) is 0 Å². The Balaban J connectivity index is 2.97. The molecule has 154 valence electrons. The minimum Gasteiger partial charge on any atom is -0.497 e. The summed E-state index contributed by atoms with van der Waals surface area (Å²) in [5, 5.41) is 0. The Bertz CT molecular complexity index is 637. The van der Waals surface area contributed by atoms with Crippen LogP contribution in [0.5, 0.6) is 0 Å². The number of carbonyl (C=O) groups excluding carboxylic acids is 2. The van der Waals surface area contributed by atoms with E-state index >= 15 is 0 Å². The summed E-state index contributed by atoms with van der Waals surface area (Å²) in [7, 11) is -4.39. The third-order valence-corrected chi connectivity index (χ3v) is 4.36. The summed E-state index contributed by atoms with van der Waals surface area (Å²) in [5.74, 6) is -2.61. The number of hydrogen-bond donors (Lipinski definition) is 1. The summed E-state index contributed by atoms with van der Waals surface area (Å²) in [5.41, 5.74) is 0. The van der Waals surface area contributed by atoms with Crippen molar-refractivity contribution in [1.29, 1.82) is 0 Å². The molecule has 0 aliphatic carbocycles. The predicted octanol–water partition coefficient (Wildman–Crippen LogP) is 0.992. The fourth-order valence-corrected chi connectivity index (χ4v) is 3.22. The molecule has 1 fully saturated rings. The molecule has 0 radical (unpaired) electrons. The Kier molecular flexibility index (Phi) is 9.83. The second-order valence-corrected chi connectivity index (χ2v) is 9.61. The lowest BCUT2D eigenvalue weighted by Gasteiger charge is -2.26. The van der Waals surface area contributed by atoms with Crippen LogP contribution in [0.15, 0.2) is 12.2 Å². The van der Waals surface area contributed by atoms with E-state index in [2.05, 4.69) is 8.91 Å². The van der Waals surface area contributed by atoms with Crippen molar-refractivity contribution in [2.24, 2.45) is 0 Å². The molecule has 0 aromatic carbocycles. The zero-order valence-electron chi connectivity index (χ0n) is 14.7. The van der Waals surface area contributed by atoms with Gasteiger partial charge in [-0.05, 0) is 13.5 Å². The highest BCUT2D eigenvalue weighted by Crippen LogP contribution is 2.26. The van der Waals surface area contributed by atoms with Gasteiger partial charge in [0.05, 0.1) is 13.1 Å². The maximum Gasteiger partial charge on any atom is 0.622 e. The molecule has 9 nitrogen and oxygen atoms in total. The van der Waals surface area contributed by atoms with Crippen LogP contribution in [0.4, 0.5) is 0 Å². The van der Waals surface area contributed by atoms with Gasteiger partial charge < -0.3 is 9.31 Å². The van der Waals surface area contributed by atoms with Crippen molar-refractivity contribution < 1.29 is 31.5 Å². The molecule has 27 heavy (non-hydrogen) atoms. The standard InChI is InChI=1S/C13H20BCl3N2O7S/c1-3-4-5-6-10(18-27(22,23)24-9-13(15,16)17)14-25-11(20)7-19(2)8-12(21)26-14/h5-6,10,18H,3-4,7-9H2,1-2H3/b6-5+. The van der Waals surface area contributed by atoms with Crippen LogP contribution in [0.3, 0.4) is 0 Å². The van der Waals surface area contributed by atoms with Crippen molar-refractivity contribution in [1.82, 2.24) is 9.62 Å². The number of rotatable bonds is 8. The largest absolute Gasteiger partial charge is 0.622 e. The van der Waals surface area contributed by atoms with Crippen molar-refractivity contribution in [3.8, 4) is 0 Å². The van der Waals surface area contributed by atoms with Gasteiger partial charge in [0, 0.05) is 0 Å². The van der Waals surface area contributed by atoms with Crippen LogP contribution in [-0.2, 0) is 33.4 Å². The van der Waals surface area contributed by atoms with Gasteiger partial charge in [-0.2, -0.15) is 13.1 Å². The maximum absolute atomic E-state index is 12.1. The van der Waals surface area contributed by atoms with E-state index < -0.39 is 45.7 Å². The first kappa shape index (κ1) is 24.5. The molecular weight excluding hydrogens is 445 g/mol. The number of likely N-dealkylation sites (N-methyl/N-ethyl adjacent to an activating group) is 1. The van der Waals surface area contributed by atoms with E-state index in [1.54, 1.807) is 6.08 Å². The summed E-state index contributed by atoms with van der Waals surface area (Å²) in [6.07, 6.45) is 4.45. The molecule has 0 aromatic rings. The van der Waals surface area contributed by atoms with Gasteiger partial charge in [0.25, 0.3) is 0 Å². The first-order valence-corrected chi connectivity index (χ1v) is 10.4. The van der Waals surface area contributed by atoms with Gasteiger partial charge >= 0.3 is 29.4 Å². The summed E-state index contributed by atoms with van der Waals surface area (Å²) >= 11 is 16.4. The Morgan fingerprint density at radius 2 is 1.85 bits per heavy atom. The molecule has 0 bridgehead atoms. The zero-order valence-corrected chi connectivity index (χ0v) is 17.8. The van der Waals surface area contributed by atoms with Crippen molar-refractivity contribution in [3.63, 3.8) is 0 Å². The van der Waals surface area contributed by atoms with Crippen LogP contribution < -0.4 is 4.72 Å². The molecule has 14 heteroatoms. The van der Waals surface area contributed by atoms with E-state index in [-0.39, 0.29) is 13.1 Å². The molecule has 0 spiro atoms. The first-order valence-electron chi connectivity index (χ1n) is 7.89. The molecule has 1 N–H and O–H groups in total. The highest BCUT2D eigenvalue weighted by Gasteiger charge is 2.41. The third-order valence-electron chi connectivity index (χ3n) is 3.04. The summed E-state index contributed by atoms with van der Waals surface area (Å²) in [4.78, 5) is 25.2. The molecule has 1 rings (SSSR count). The van der Waals surface area contributed by atoms with Gasteiger partial charge in [0.1, 0.15) is 12.5 Å². The lowest BCUT2D eigenvalue weighted by atomic mass is 9.78. The molecule has 0 saturated carbocycles. The van der Waals surface area contributed by atoms with Gasteiger partial charge in [-0.3, -0.25) is 18.7 Å². The highest BCUT2D eigenvalue weighted by atomic mass is 35.6. The summed E-state index contributed by atoms with van der Waals surface area (Å²) in [6, 6.07) is 0. The molecule has 0 aromatic heterocycles. The Morgan fingerprint density at radius 3 is 2.33 bits per heavy atom. The van der Waals surface area contributed by atoms with E-state index in [0.29, 0.717) is 6.42 Å². The monoisotopic (exact) mass is 464 g/mol. The molecule has 1 unspecified atom stereocenters. The molecule has 0 amide bonds. The Labute approximate surface area is 173 Å². The van der Waals surface area contributed by atoms with Crippen molar-refractivity contribution >= 4 is 64.2 Å². The van der Waals surface area contributed by atoms with Gasteiger partial charge in [-0.1, -0.05) is 60.3 Å². The quantitative estimate of drug-likeness (QED) is 0.321. The van der Waals surface area contributed by atoms with Crippen LogP contribution in [0, 0.1) is 0 Å². The number of allylic oxidation sites excluding steroid dienone is 1. The van der Waals surface area contributed by atoms with Gasteiger partial charge in [-0.25, -0.2) is 0 Å². The van der Waals surface area contributed by atoms with E-state index in [1.165, 1.54) is 18.0 Å². The van der Waals surface area contributed by atoms with Gasteiger partial charge in [-0.15, -0.1) is 0 Å². The second-order valence-electron chi connectivity index (χ2n) is 5.71.